The molecule has 0 aliphatic carbocycles. The SMILES string of the molecule is CCOC(=O)c1ccc2c(c1)sc(=NC(=O)c1cccc(SC)c1)n2CCOC. The highest BCUT2D eigenvalue weighted by Gasteiger charge is 2.13. The maximum absolute atomic E-state index is 12.8. The first kappa shape index (κ1) is 21.3. The predicted molar refractivity (Wildman–Crippen MR) is 116 cm³/mol. The van der Waals surface area contributed by atoms with E-state index in [0.29, 0.717) is 35.7 Å². The molecule has 29 heavy (non-hydrogen) atoms. The van der Waals surface area contributed by atoms with Crippen LogP contribution in [0.15, 0.2) is 52.4 Å². The lowest BCUT2D eigenvalue weighted by atomic mass is 10.2. The van der Waals surface area contributed by atoms with Crippen molar-refractivity contribution in [3.63, 3.8) is 0 Å². The third-order valence-corrected chi connectivity index (χ3v) is 5.99. The fourth-order valence-electron chi connectivity index (χ4n) is 2.81. The Bertz CT molecular complexity index is 1100. The van der Waals surface area contributed by atoms with E-state index >= 15 is 0 Å². The molecule has 8 heteroatoms. The summed E-state index contributed by atoms with van der Waals surface area (Å²) in [6.45, 7) is 3.12. The van der Waals surface area contributed by atoms with Crippen molar-refractivity contribution in [3.8, 4) is 0 Å². The first-order valence-corrected chi connectivity index (χ1v) is 11.1. The van der Waals surface area contributed by atoms with Crippen LogP contribution in [-0.4, -0.2) is 43.0 Å². The lowest BCUT2D eigenvalue weighted by Crippen LogP contribution is -2.19. The summed E-state index contributed by atoms with van der Waals surface area (Å²) in [6.07, 6.45) is 1.96. The van der Waals surface area contributed by atoms with Crippen LogP contribution in [-0.2, 0) is 16.0 Å². The zero-order valence-electron chi connectivity index (χ0n) is 16.5. The molecule has 1 heterocycles. The molecule has 1 aromatic heterocycles. The van der Waals surface area contributed by atoms with E-state index in [9.17, 15) is 9.59 Å². The molecule has 0 spiro atoms. The van der Waals surface area contributed by atoms with Gasteiger partial charge in [-0.05, 0) is 49.6 Å². The highest BCUT2D eigenvalue weighted by Crippen LogP contribution is 2.21. The van der Waals surface area contributed by atoms with Gasteiger partial charge in [0.1, 0.15) is 0 Å². The average Bonchev–Trinajstić information content (AvgIpc) is 3.08. The summed E-state index contributed by atoms with van der Waals surface area (Å²) < 4.78 is 13.1. The molecule has 0 aliphatic rings. The van der Waals surface area contributed by atoms with Gasteiger partial charge < -0.3 is 14.0 Å². The van der Waals surface area contributed by atoms with Crippen LogP contribution in [0.5, 0.6) is 0 Å². The Morgan fingerprint density at radius 1 is 1.17 bits per heavy atom. The molecule has 0 saturated carbocycles. The van der Waals surface area contributed by atoms with Crippen LogP contribution in [0, 0.1) is 0 Å². The largest absolute Gasteiger partial charge is 0.462 e. The third-order valence-electron chi connectivity index (χ3n) is 4.23. The molecule has 0 fully saturated rings. The van der Waals surface area contributed by atoms with E-state index in [1.54, 1.807) is 44.0 Å². The quantitative estimate of drug-likeness (QED) is 0.419. The van der Waals surface area contributed by atoms with Gasteiger partial charge >= 0.3 is 5.97 Å². The Hall–Kier alpha value is -2.42. The van der Waals surface area contributed by atoms with Crippen molar-refractivity contribution in [1.29, 1.82) is 0 Å². The number of amides is 1. The number of rotatable bonds is 7. The number of fused-ring (bicyclic) bond motifs is 1. The molecule has 0 aliphatic heterocycles. The van der Waals surface area contributed by atoms with Crippen LogP contribution in [0.4, 0.5) is 0 Å². The van der Waals surface area contributed by atoms with Crippen molar-refractivity contribution in [2.75, 3.05) is 26.6 Å². The Morgan fingerprint density at radius 3 is 2.72 bits per heavy atom. The lowest BCUT2D eigenvalue weighted by Gasteiger charge is -2.05. The van der Waals surface area contributed by atoms with Crippen LogP contribution in [0.2, 0.25) is 0 Å². The van der Waals surface area contributed by atoms with E-state index in [1.807, 2.05) is 35.1 Å². The van der Waals surface area contributed by atoms with Crippen molar-refractivity contribution in [3.05, 3.63) is 58.4 Å². The number of benzene rings is 2. The van der Waals surface area contributed by atoms with E-state index in [-0.39, 0.29) is 11.9 Å². The van der Waals surface area contributed by atoms with Gasteiger partial charge in [0, 0.05) is 24.1 Å². The number of carbonyl (C=O) groups excluding carboxylic acids is 2. The first-order valence-electron chi connectivity index (χ1n) is 9.10. The summed E-state index contributed by atoms with van der Waals surface area (Å²) in [5, 5.41) is 0. The molecule has 0 radical (unpaired) electrons. The number of ether oxygens (including phenoxy) is 2. The number of hydrogen-bond acceptors (Lipinski definition) is 6. The van der Waals surface area contributed by atoms with Crippen molar-refractivity contribution in [1.82, 2.24) is 4.57 Å². The smallest absolute Gasteiger partial charge is 0.338 e. The second-order valence-electron chi connectivity index (χ2n) is 6.08. The summed E-state index contributed by atoms with van der Waals surface area (Å²) in [4.78, 5) is 30.8. The normalized spacial score (nSPS) is 11.8. The molecular formula is C21H22N2O4S2. The number of nitrogens with zero attached hydrogens (tertiary/aromatic N) is 2. The molecule has 0 N–H and O–H groups in total. The van der Waals surface area contributed by atoms with Crippen LogP contribution in [0.25, 0.3) is 10.2 Å². The Labute approximate surface area is 177 Å². The highest BCUT2D eigenvalue weighted by molar-refractivity contribution is 7.98. The van der Waals surface area contributed by atoms with Crippen molar-refractivity contribution in [2.24, 2.45) is 4.99 Å². The van der Waals surface area contributed by atoms with Gasteiger partial charge in [0.15, 0.2) is 4.80 Å². The first-order chi connectivity index (χ1) is 14.1. The summed E-state index contributed by atoms with van der Waals surface area (Å²) in [5.74, 6) is -0.668. The third kappa shape index (κ3) is 4.95. The number of carbonyl (C=O) groups is 2. The van der Waals surface area contributed by atoms with Gasteiger partial charge in [-0.25, -0.2) is 4.79 Å². The minimum atomic E-state index is -0.366. The number of aromatic nitrogens is 1. The topological polar surface area (TPSA) is 69.9 Å². The number of esters is 1. The monoisotopic (exact) mass is 430 g/mol. The van der Waals surface area contributed by atoms with Crippen molar-refractivity contribution in [2.45, 2.75) is 18.4 Å². The predicted octanol–water partition coefficient (Wildman–Crippen LogP) is 3.99. The maximum atomic E-state index is 12.8. The van der Waals surface area contributed by atoms with Crippen LogP contribution < -0.4 is 4.80 Å². The Kier molecular flexibility index (Phi) is 7.24. The number of methoxy groups -OCH3 is 1. The highest BCUT2D eigenvalue weighted by atomic mass is 32.2. The minimum absolute atomic E-state index is 0.302. The maximum Gasteiger partial charge on any atom is 0.338 e. The zero-order chi connectivity index (χ0) is 20.8. The van der Waals surface area contributed by atoms with Gasteiger partial charge in [-0.1, -0.05) is 17.4 Å². The molecule has 0 bridgehead atoms. The Morgan fingerprint density at radius 2 is 2.00 bits per heavy atom. The molecule has 6 nitrogen and oxygen atoms in total. The lowest BCUT2D eigenvalue weighted by molar-refractivity contribution is 0.0526. The van der Waals surface area contributed by atoms with E-state index in [0.717, 1.165) is 15.1 Å². The van der Waals surface area contributed by atoms with E-state index in [2.05, 4.69) is 4.99 Å². The van der Waals surface area contributed by atoms with Crippen LogP contribution >= 0.6 is 23.1 Å². The molecule has 2 aromatic carbocycles. The van der Waals surface area contributed by atoms with Crippen molar-refractivity contribution >= 4 is 45.2 Å². The van der Waals surface area contributed by atoms with Gasteiger partial charge in [-0.3, -0.25) is 4.79 Å². The summed E-state index contributed by atoms with van der Waals surface area (Å²) in [5.41, 5.74) is 1.91. The fraction of sp³-hybridized carbons (Fsp3) is 0.286. The average molecular weight is 431 g/mol. The molecule has 0 saturated heterocycles. The summed E-state index contributed by atoms with van der Waals surface area (Å²) >= 11 is 2.94. The standard InChI is InChI=1S/C21H22N2O4S2/c1-4-27-20(25)15-8-9-17-18(13-15)29-21(23(17)10-11-26-2)22-19(24)14-6-5-7-16(12-14)28-3/h5-9,12-13H,4,10-11H2,1-3H3. The van der Waals surface area contributed by atoms with Crippen molar-refractivity contribution < 1.29 is 19.1 Å². The molecule has 152 valence electrons. The minimum Gasteiger partial charge on any atom is -0.462 e. The van der Waals surface area contributed by atoms with Gasteiger partial charge in [-0.15, -0.1) is 11.8 Å². The number of thioether (sulfide) groups is 1. The molecule has 3 aromatic rings. The van der Waals surface area contributed by atoms with Gasteiger partial charge in [0.25, 0.3) is 5.91 Å². The fourth-order valence-corrected chi connectivity index (χ4v) is 4.36. The summed E-state index contributed by atoms with van der Waals surface area (Å²) in [7, 11) is 1.63. The zero-order valence-corrected chi connectivity index (χ0v) is 18.1. The molecular weight excluding hydrogens is 408 g/mol. The van der Waals surface area contributed by atoms with Gasteiger partial charge in [0.05, 0.1) is 29.0 Å². The van der Waals surface area contributed by atoms with Crippen LogP contribution in [0.1, 0.15) is 27.6 Å². The van der Waals surface area contributed by atoms with E-state index in [4.69, 9.17) is 9.47 Å². The molecule has 1 amide bonds. The molecule has 3 rings (SSSR count). The van der Waals surface area contributed by atoms with E-state index < -0.39 is 0 Å². The second kappa shape index (κ2) is 9.87. The molecule has 0 atom stereocenters. The number of hydrogen-bond donors (Lipinski definition) is 0. The van der Waals surface area contributed by atoms with E-state index in [1.165, 1.54) is 11.3 Å². The Balaban J connectivity index is 2.07. The molecule has 0 unspecified atom stereocenters. The van der Waals surface area contributed by atoms with Gasteiger partial charge in [0.2, 0.25) is 0 Å². The van der Waals surface area contributed by atoms with Gasteiger partial charge in [-0.2, -0.15) is 4.99 Å². The number of thiazole rings is 1. The second-order valence-corrected chi connectivity index (χ2v) is 7.97. The van der Waals surface area contributed by atoms with Crippen LogP contribution in [0.3, 0.4) is 0 Å². The summed E-state index contributed by atoms with van der Waals surface area (Å²) in [6, 6.07) is 12.8.